The summed E-state index contributed by atoms with van der Waals surface area (Å²) in [6.45, 7) is 3.59. The first kappa shape index (κ1) is 15.1. The second-order valence-corrected chi connectivity index (χ2v) is 5.49. The molecule has 0 aromatic carbocycles. The summed E-state index contributed by atoms with van der Waals surface area (Å²) in [5, 5.41) is 6.21. The minimum Gasteiger partial charge on any atom is -0.383 e. The molecule has 2 aromatic rings. The lowest BCUT2D eigenvalue weighted by atomic mass is 10.3. The van der Waals surface area contributed by atoms with E-state index in [9.17, 15) is 9.59 Å². The third-order valence-electron chi connectivity index (χ3n) is 2.54. The predicted molar refractivity (Wildman–Crippen MR) is 79.1 cm³/mol. The first-order valence-electron chi connectivity index (χ1n) is 6.25. The molecular formula is C12H15N5O3S. The molecule has 0 aliphatic heterocycles. The third-order valence-corrected chi connectivity index (χ3v) is 3.78. The molecule has 2 rings (SSSR count). The van der Waals surface area contributed by atoms with Gasteiger partial charge in [0, 0.05) is 12.1 Å². The maximum absolute atomic E-state index is 12.2. The number of thioether (sulfide) groups is 1. The molecule has 8 nitrogen and oxygen atoms in total. The Kier molecular flexibility index (Phi) is 4.63. The fourth-order valence-electron chi connectivity index (χ4n) is 1.60. The Morgan fingerprint density at radius 1 is 1.57 bits per heavy atom. The van der Waals surface area contributed by atoms with Gasteiger partial charge in [0.1, 0.15) is 11.6 Å². The zero-order chi connectivity index (χ0) is 15.4. The molecule has 4 N–H and O–H groups in total. The van der Waals surface area contributed by atoms with Crippen molar-refractivity contribution in [1.29, 1.82) is 0 Å². The van der Waals surface area contributed by atoms with E-state index in [0.29, 0.717) is 23.2 Å². The number of H-pyrrole nitrogens is 1. The van der Waals surface area contributed by atoms with Crippen molar-refractivity contribution in [3.05, 3.63) is 28.2 Å². The molecule has 0 aliphatic carbocycles. The molecule has 0 saturated heterocycles. The zero-order valence-corrected chi connectivity index (χ0v) is 12.4. The van der Waals surface area contributed by atoms with Crippen LogP contribution in [0.15, 0.2) is 26.6 Å². The smallest absolute Gasteiger partial charge is 0.253 e. The van der Waals surface area contributed by atoms with Crippen LogP contribution in [0, 0.1) is 6.92 Å². The Morgan fingerprint density at radius 3 is 2.90 bits per heavy atom. The van der Waals surface area contributed by atoms with Crippen molar-refractivity contribution in [2.45, 2.75) is 30.7 Å². The number of anilines is 2. The molecule has 2 heterocycles. The summed E-state index contributed by atoms with van der Waals surface area (Å²) < 4.78 is 4.88. The number of hydrogen-bond donors (Lipinski definition) is 3. The van der Waals surface area contributed by atoms with Crippen molar-refractivity contribution in [3.8, 4) is 0 Å². The summed E-state index contributed by atoms with van der Waals surface area (Å²) in [7, 11) is 0. The van der Waals surface area contributed by atoms with Gasteiger partial charge in [-0.05, 0) is 13.3 Å². The van der Waals surface area contributed by atoms with E-state index in [-0.39, 0.29) is 17.3 Å². The van der Waals surface area contributed by atoms with Gasteiger partial charge in [-0.2, -0.15) is 0 Å². The van der Waals surface area contributed by atoms with Crippen LogP contribution >= 0.6 is 11.8 Å². The van der Waals surface area contributed by atoms with Gasteiger partial charge in [0.25, 0.3) is 5.56 Å². The van der Waals surface area contributed by atoms with E-state index >= 15 is 0 Å². The van der Waals surface area contributed by atoms with Crippen molar-refractivity contribution in [3.63, 3.8) is 0 Å². The summed E-state index contributed by atoms with van der Waals surface area (Å²) in [5.74, 6) is 0.822. The Labute approximate surface area is 124 Å². The van der Waals surface area contributed by atoms with Crippen molar-refractivity contribution in [2.24, 2.45) is 0 Å². The summed E-state index contributed by atoms with van der Waals surface area (Å²) >= 11 is 1.13. The Balaban J connectivity index is 2.08. The number of nitrogen functional groups attached to an aromatic ring is 1. The highest BCUT2D eigenvalue weighted by atomic mass is 32.2. The molecule has 0 radical (unpaired) electrons. The number of nitrogens with zero attached hydrogens (tertiary/aromatic N) is 2. The Morgan fingerprint density at radius 2 is 2.33 bits per heavy atom. The van der Waals surface area contributed by atoms with Crippen molar-refractivity contribution >= 4 is 29.3 Å². The molecule has 1 amide bonds. The second-order valence-electron chi connectivity index (χ2n) is 4.30. The van der Waals surface area contributed by atoms with Gasteiger partial charge < -0.3 is 20.6 Å². The molecule has 0 saturated carbocycles. The average molecular weight is 309 g/mol. The number of nitrogens with one attached hydrogen (secondary N) is 2. The average Bonchev–Trinajstić information content (AvgIpc) is 2.80. The van der Waals surface area contributed by atoms with Gasteiger partial charge in [0.05, 0.1) is 5.25 Å². The fraction of sp³-hybridized carbons (Fsp3) is 0.333. The van der Waals surface area contributed by atoms with E-state index in [1.165, 1.54) is 6.07 Å². The molecule has 21 heavy (non-hydrogen) atoms. The number of amides is 1. The molecule has 112 valence electrons. The molecule has 2 aromatic heterocycles. The van der Waals surface area contributed by atoms with Crippen LogP contribution in [0.5, 0.6) is 0 Å². The predicted octanol–water partition coefficient (Wildman–Crippen LogP) is 1.16. The molecule has 0 bridgehead atoms. The molecular weight excluding hydrogens is 294 g/mol. The third kappa shape index (κ3) is 4.09. The fourth-order valence-corrected chi connectivity index (χ4v) is 2.52. The van der Waals surface area contributed by atoms with Crippen molar-refractivity contribution < 1.29 is 9.32 Å². The number of hydrogen-bond acceptors (Lipinski definition) is 7. The van der Waals surface area contributed by atoms with E-state index in [4.69, 9.17) is 10.3 Å². The SMILES string of the molecule is CC[C@@H](Sc1nc(N)cc(=O)[nH]1)C(=O)Nc1cc(C)on1. The number of carbonyl (C=O) groups is 1. The van der Waals surface area contributed by atoms with Crippen molar-refractivity contribution in [1.82, 2.24) is 15.1 Å². The maximum Gasteiger partial charge on any atom is 0.253 e. The van der Waals surface area contributed by atoms with E-state index in [2.05, 4.69) is 20.4 Å². The number of aromatic nitrogens is 3. The van der Waals surface area contributed by atoms with E-state index < -0.39 is 5.25 Å². The Bertz CT molecular complexity index is 696. The summed E-state index contributed by atoms with van der Waals surface area (Å²) in [6.07, 6.45) is 0.547. The van der Waals surface area contributed by atoms with Crippen molar-refractivity contribution in [2.75, 3.05) is 11.1 Å². The van der Waals surface area contributed by atoms with Gasteiger partial charge in [0.15, 0.2) is 11.0 Å². The van der Waals surface area contributed by atoms with E-state index in [1.807, 2.05) is 6.92 Å². The number of aromatic amines is 1. The lowest BCUT2D eigenvalue weighted by molar-refractivity contribution is -0.115. The molecule has 0 aliphatic rings. The highest BCUT2D eigenvalue weighted by molar-refractivity contribution is 8.00. The van der Waals surface area contributed by atoms with Crippen LogP contribution in [0.1, 0.15) is 19.1 Å². The lowest BCUT2D eigenvalue weighted by Crippen LogP contribution is -2.25. The summed E-state index contributed by atoms with van der Waals surface area (Å²) in [4.78, 5) is 30.0. The molecule has 0 spiro atoms. The number of carbonyl (C=O) groups excluding carboxylic acids is 1. The maximum atomic E-state index is 12.2. The summed E-state index contributed by atoms with van der Waals surface area (Å²) in [5.41, 5.74) is 5.16. The van der Waals surface area contributed by atoms with Crippen LogP contribution < -0.4 is 16.6 Å². The Hall–Kier alpha value is -2.29. The van der Waals surface area contributed by atoms with Crippen LogP contribution in [0.2, 0.25) is 0 Å². The van der Waals surface area contributed by atoms with Gasteiger partial charge in [0.2, 0.25) is 5.91 Å². The number of rotatable bonds is 5. The van der Waals surface area contributed by atoms with Crippen LogP contribution in [0.3, 0.4) is 0 Å². The highest BCUT2D eigenvalue weighted by Gasteiger charge is 2.20. The minimum absolute atomic E-state index is 0.114. The second kappa shape index (κ2) is 6.44. The highest BCUT2D eigenvalue weighted by Crippen LogP contribution is 2.23. The zero-order valence-electron chi connectivity index (χ0n) is 11.5. The van der Waals surface area contributed by atoms with E-state index in [0.717, 1.165) is 11.8 Å². The van der Waals surface area contributed by atoms with Crippen LogP contribution in [0.4, 0.5) is 11.6 Å². The van der Waals surface area contributed by atoms with E-state index in [1.54, 1.807) is 13.0 Å². The monoisotopic (exact) mass is 309 g/mol. The molecule has 0 fully saturated rings. The van der Waals surface area contributed by atoms with Gasteiger partial charge >= 0.3 is 0 Å². The molecule has 9 heteroatoms. The largest absolute Gasteiger partial charge is 0.383 e. The van der Waals surface area contributed by atoms with Gasteiger partial charge in [-0.3, -0.25) is 9.59 Å². The van der Waals surface area contributed by atoms with Crippen LogP contribution in [-0.4, -0.2) is 26.3 Å². The quantitative estimate of drug-likeness (QED) is 0.558. The number of aryl methyl sites for hydroxylation is 1. The van der Waals surface area contributed by atoms with Gasteiger partial charge in [-0.1, -0.05) is 23.8 Å². The standard InChI is InChI=1S/C12H15N5O3S/c1-3-7(11(19)15-9-4-6(2)20-17-9)21-12-14-8(13)5-10(18)16-12/h4-5,7H,3H2,1-2H3,(H,15,17,19)(H3,13,14,16,18)/t7-/m1/s1. The molecule has 1 atom stereocenters. The van der Waals surface area contributed by atoms with Gasteiger partial charge in [-0.25, -0.2) is 4.98 Å². The van der Waals surface area contributed by atoms with Crippen LogP contribution in [0.25, 0.3) is 0 Å². The minimum atomic E-state index is -0.438. The van der Waals surface area contributed by atoms with Gasteiger partial charge in [-0.15, -0.1) is 0 Å². The summed E-state index contributed by atoms with van der Waals surface area (Å²) in [6, 6.07) is 2.80. The topological polar surface area (TPSA) is 127 Å². The first-order valence-corrected chi connectivity index (χ1v) is 7.13. The number of nitrogens with two attached hydrogens (primary N) is 1. The van der Waals surface area contributed by atoms with Crippen LogP contribution in [-0.2, 0) is 4.79 Å². The first-order chi connectivity index (χ1) is 9.97. The normalized spacial score (nSPS) is 12.1. The molecule has 0 unspecified atom stereocenters. The lowest BCUT2D eigenvalue weighted by Gasteiger charge is -2.12.